The molecule has 7 nitrogen and oxygen atoms in total. The maximum atomic E-state index is 12.1. The SMILES string of the molecule is O=C(O)[C@H](Cc1ccccc1)NC(=O)N1CCS(=O)(=O)CC1. The quantitative estimate of drug-likeness (QED) is 0.818. The van der Waals surface area contributed by atoms with Crippen molar-refractivity contribution < 1.29 is 23.1 Å². The standard InChI is InChI=1S/C14H18N2O5S/c17-13(18)12(10-11-4-2-1-3-5-11)15-14(19)16-6-8-22(20,21)9-7-16/h1-5,12H,6-10H2,(H,15,19)(H,17,18)/t12-/m0/s1. The highest BCUT2D eigenvalue weighted by Gasteiger charge is 2.28. The molecule has 120 valence electrons. The fraction of sp³-hybridized carbons (Fsp3) is 0.429. The molecular formula is C14H18N2O5S. The van der Waals surface area contributed by atoms with E-state index in [4.69, 9.17) is 0 Å². The van der Waals surface area contributed by atoms with E-state index < -0.39 is 27.9 Å². The summed E-state index contributed by atoms with van der Waals surface area (Å²) in [6, 6.07) is 7.40. The van der Waals surface area contributed by atoms with Gasteiger partial charge in [-0.2, -0.15) is 0 Å². The van der Waals surface area contributed by atoms with Crippen LogP contribution in [0.4, 0.5) is 4.79 Å². The minimum absolute atomic E-state index is 0.0865. The number of carbonyl (C=O) groups excluding carboxylic acids is 1. The average molecular weight is 326 g/mol. The fourth-order valence-corrected chi connectivity index (χ4v) is 3.41. The van der Waals surface area contributed by atoms with Crippen LogP contribution in [-0.2, 0) is 21.1 Å². The molecule has 0 saturated carbocycles. The van der Waals surface area contributed by atoms with Crippen molar-refractivity contribution in [2.45, 2.75) is 12.5 Å². The maximum Gasteiger partial charge on any atom is 0.326 e. The van der Waals surface area contributed by atoms with Crippen molar-refractivity contribution in [3.05, 3.63) is 35.9 Å². The third-order valence-electron chi connectivity index (χ3n) is 3.51. The number of aliphatic carboxylic acids is 1. The van der Waals surface area contributed by atoms with Crippen LogP contribution in [0.25, 0.3) is 0 Å². The van der Waals surface area contributed by atoms with Crippen molar-refractivity contribution >= 4 is 21.8 Å². The van der Waals surface area contributed by atoms with Crippen molar-refractivity contribution in [1.29, 1.82) is 0 Å². The number of carboxylic acid groups (broad SMARTS) is 1. The van der Waals surface area contributed by atoms with E-state index in [-0.39, 0.29) is 31.0 Å². The largest absolute Gasteiger partial charge is 0.480 e. The molecule has 1 aromatic rings. The van der Waals surface area contributed by atoms with E-state index in [1.54, 1.807) is 24.3 Å². The Kier molecular flexibility index (Phi) is 5.02. The molecule has 0 bridgehead atoms. The Hall–Kier alpha value is -2.09. The summed E-state index contributed by atoms with van der Waals surface area (Å²) in [4.78, 5) is 24.7. The number of hydrogen-bond acceptors (Lipinski definition) is 4. The van der Waals surface area contributed by atoms with Crippen molar-refractivity contribution in [1.82, 2.24) is 10.2 Å². The molecule has 1 aliphatic rings. The van der Waals surface area contributed by atoms with Gasteiger partial charge in [0.05, 0.1) is 11.5 Å². The first kappa shape index (κ1) is 16.3. The Morgan fingerprint density at radius 3 is 2.32 bits per heavy atom. The molecule has 2 amide bonds. The molecule has 8 heteroatoms. The van der Waals surface area contributed by atoms with E-state index in [0.717, 1.165) is 5.56 Å². The number of carbonyl (C=O) groups is 2. The highest BCUT2D eigenvalue weighted by atomic mass is 32.2. The van der Waals surface area contributed by atoms with Gasteiger partial charge in [-0.25, -0.2) is 18.0 Å². The minimum atomic E-state index is -3.08. The first-order valence-electron chi connectivity index (χ1n) is 6.90. The zero-order valence-corrected chi connectivity index (χ0v) is 12.8. The normalized spacial score (nSPS) is 18.5. The first-order valence-corrected chi connectivity index (χ1v) is 8.72. The molecular weight excluding hydrogens is 308 g/mol. The van der Waals surface area contributed by atoms with E-state index in [1.807, 2.05) is 6.07 Å². The molecule has 0 spiro atoms. The van der Waals surface area contributed by atoms with Gasteiger partial charge in [0.25, 0.3) is 0 Å². The van der Waals surface area contributed by atoms with Crippen LogP contribution < -0.4 is 5.32 Å². The van der Waals surface area contributed by atoms with E-state index in [0.29, 0.717) is 0 Å². The van der Waals surface area contributed by atoms with Crippen LogP contribution in [0, 0.1) is 0 Å². The number of amides is 2. The van der Waals surface area contributed by atoms with Crippen LogP contribution in [-0.4, -0.2) is 61.1 Å². The first-order chi connectivity index (χ1) is 10.4. The van der Waals surface area contributed by atoms with E-state index in [2.05, 4.69) is 5.32 Å². The van der Waals surface area contributed by atoms with Gasteiger partial charge in [0.15, 0.2) is 9.84 Å². The fourth-order valence-electron chi connectivity index (χ4n) is 2.21. The second kappa shape index (κ2) is 6.78. The van der Waals surface area contributed by atoms with E-state index in [9.17, 15) is 23.1 Å². The summed E-state index contributed by atoms with van der Waals surface area (Å²) in [6.07, 6.45) is 0.175. The van der Waals surface area contributed by atoms with Crippen LogP contribution >= 0.6 is 0 Å². The Bertz CT molecular complexity index is 630. The van der Waals surface area contributed by atoms with E-state index >= 15 is 0 Å². The molecule has 2 N–H and O–H groups in total. The van der Waals surface area contributed by atoms with E-state index in [1.165, 1.54) is 4.90 Å². The highest BCUT2D eigenvalue weighted by molar-refractivity contribution is 7.91. The van der Waals surface area contributed by atoms with Crippen molar-refractivity contribution in [2.75, 3.05) is 24.6 Å². The number of carboxylic acids is 1. The number of rotatable bonds is 4. The summed E-state index contributed by atoms with van der Waals surface area (Å²) in [5.74, 6) is -1.30. The molecule has 0 aliphatic carbocycles. The van der Waals surface area contributed by atoms with Gasteiger partial charge in [-0.05, 0) is 5.56 Å². The lowest BCUT2D eigenvalue weighted by atomic mass is 10.1. The monoisotopic (exact) mass is 326 g/mol. The molecule has 0 radical (unpaired) electrons. The van der Waals surface area contributed by atoms with Crippen LogP contribution in [0.1, 0.15) is 5.56 Å². The van der Waals surface area contributed by atoms with Crippen LogP contribution in [0.3, 0.4) is 0 Å². The van der Waals surface area contributed by atoms with Crippen LogP contribution in [0.15, 0.2) is 30.3 Å². The van der Waals surface area contributed by atoms with Crippen LogP contribution in [0.2, 0.25) is 0 Å². The van der Waals surface area contributed by atoms with Gasteiger partial charge in [0, 0.05) is 19.5 Å². The Morgan fingerprint density at radius 2 is 1.77 bits per heavy atom. The summed E-state index contributed by atoms with van der Waals surface area (Å²) in [7, 11) is -3.08. The van der Waals surface area contributed by atoms with Gasteiger partial charge < -0.3 is 15.3 Å². The summed E-state index contributed by atoms with van der Waals surface area (Å²) in [5.41, 5.74) is 0.802. The number of nitrogens with zero attached hydrogens (tertiary/aromatic N) is 1. The molecule has 2 rings (SSSR count). The Labute approximate surface area is 128 Å². The van der Waals surface area contributed by atoms with Crippen molar-refractivity contribution in [2.24, 2.45) is 0 Å². The molecule has 0 aromatic heterocycles. The summed E-state index contributed by atoms with van der Waals surface area (Å²) in [5, 5.41) is 11.7. The van der Waals surface area contributed by atoms with Gasteiger partial charge in [0.1, 0.15) is 6.04 Å². The zero-order chi connectivity index (χ0) is 16.2. The van der Waals surface area contributed by atoms with Crippen molar-refractivity contribution in [3.63, 3.8) is 0 Å². The Morgan fingerprint density at radius 1 is 1.18 bits per heavy atom. The number of sulfone groups is 1. The molecule has 22 heavy (non-hydrogen) atoms. The number of hydrogen-bond donors (Lipinski definition) is 2. The number of nitrogens with one attached hydrogen (secondary N) is 1. The molecule has 1 aliphatic heterocycles. The lowest BCUT2D eigenvalue weighted by molar-refractivity contribution is -0.139. The van der Waals surface area contributed by atoms with Crippen LogP contribution in [0.5, 0.6) is 0 Å². The molecule has 1 saturated heterocycles. The highest BCUT2D eigenvalue weighted by Crippen LogP contribution is 2.07. The van der Waals surface area contributed by atoms with Gasteiger partial charge in [0.2, 0.25) is 0 Å². The molecule has 1 heterocycles. The lowest BCUT2D eigenvalue weighted by Crippen LogP contribution is -2.52. The third-order valence-corrected chi connectivity index (χ3v) is 5.12. The minimum Gasteiger partial charge on any atom is -0.480 e. The second-order valence-corrected chi connectivity index (χ2v) is 7.47. The predicted octanol–water partition coefficient (Wildman–Crippen LogP) is 0.122. The average Bonchev–Trinajstić information content (AvgIpc) is 2.47. The molecule has 1 fully saturated rings. The predicted molar refractivity (Wildman–Crippen MR) is 80.3 cm³/mol. The summed E-state index contributed by atoms with van der Waals surface area (Å²) in [6.45, 7) is 0.178. The van der Waals surface area contributed by atoms with Gasteiger partial charge in [-0.1, -0.05) is 30.3 Å². The number of benzene rings is 1. The van der Waals surface area contributed by atoms with Gasteiger partial charge in [-0.15, -0.1) is 0 Å². The maximum absolute atomic E-state index is 12.1. The topological polar surface area (TPSA) is 104 Å². The lowest BCUT2D eigenvalue weighted by Gasteiger charge is -2.28. The smallest absolute Gasteiger partial charge is 0.326 e. The van der Waals surface area contributed by atoms with Gasteiger partial charge in [-0.3, -0.25) is 0 Å². The molecule has 0 unspecified atom stereocenters. The van der Waals surface area contributed by atoms with Gasteiger partial charge >= 0.3 is 12.0 Å². The third kappa shape index (κ3) is 4.45. The summed E-state index contributed by atoms with van der Waals surface area (Å²) >= 11 is 0. The second-order valence-electron chi connectivity index (χ2n) is 5.17. The summed E-state index contributed by atoms with van der Waals surface area (Å²) < 4.78 is 22.7. The molecule has 1 atom stereocenters. The number of urea groups is 1. The van der Waals surface area contributed by atoms with Crippen molar-refractivity contribution in [3.8, 4) is 0 Å². The zero-order valence-electron chi connectivity index (χ0n) is 11.9. The Balaban J connectivity index is 1.96. The molecule has 1 aromatic carbocycles.